The molecule has 6 heteroatoms. The molecule has 0 radical (unpaired) electrons. The molecule has 0 saturated heterocycles. The van der Waals surface area contributed by atoms with E-state index >= 15 is 0 Å². The predicted molar refractivity (Wildman–Crippen MR) is 125 cm³/mol. The van der Waals surface area contributed by atoms with Crippen molar-refractivity contribution in [2.24, 2.45) is 7.05 Å². The van der Waals surface area contributed by atoms with Crippen molar-refractivity contribution in [3.05, 3.63) is 110 Å². The zero-order chi connectivity index (χ0) is 21.5. The molecule has 0 aliphatic rings. The third-order valence-corrected chi connectivity index (χ3v) is 5.74. The zero-order valence-electron chi connectivity index (χ0n) is 16.7. The van der Waals surface area contributed by atoms with E-state index in [1.165, 1.54) is 0 Å². The Labute approximate surface area is 182 Å². The van der Waals surface area contributed by atoms with Crippen LogP contribution in [0, 0.1) is 0 Å². The molecule has 0 amide bonds. The van der Waals surface area contributed by atoms with Crippen LogP contribution in [0.4, 0.5) is 0 Å². The van der Waals surface area contributed by atoms with Gasteiger partial charge in [-0.3, -0.25) is 14.2 Å². The van der Waals surface area contributed by atoms with Crippen LogP contribution >= 0.6 is 11.6 Å². The molecule has 0 N–H and O–H groups in total. The second-order valence-corrected chi connectivity index (χ2v) is 7.86. The SMILES string of the molecule is Cn1c2ccccc2c(=O)c2c(=O)n(Cc3ccccc3)c(-c3ccc(Cl)cc3)nc21. The van der Waals surface area contributed by atoms with Crippen molar-refractivity contribution in [3.63, 3.8) is 0 Å². The van der Waals surface area contributed by atoms with Crippen molar-refractivity contribution >= 4 is 33.5 Å². The zero-order valence-corrected chi connectivity index (χ0v) is 17.5. The summed E-state index contributed by atoms with van der Waals surface area (Å²) in [6.07, 6.45) is 0. The number of fused-ring (bicyclic) bond motifs is 2. The molecule has 5 nitrogen and oxygen atoms in total. The van der Waals surface area contributed by atoms with Gasteiger partial charge in [0.2, 0.25) is 5.43 Å². The minimum atomic E-state index is -0.356. The molecule has 2 aromatic heterocycles. The molecular formula is C25H18ClN3O2. The van der Waals surface area contributed by atoms with Crippen LogP contribution in [0.1, 0.15) is 5.56 Å². The Morgan fingerprint density at radius 2 is 1.55 bits per heavy atom. The molecule has 0 unspecified atom stereocenters. The van der Waals surface area contributed by atoms with Gasteiger partial charge in [-0.1, -0.05) is 54.1 Å². The van der Waals surface area contributed by atoms with Gasteiger partial charge in [-0.25, -0.2) is 4.98 Å². The molecule has 31 heavy (non-hydrogen) atoms. The standard InChI is InChI=1S/C25H18ClN3O2/c1-28-20-10-6-5-9-19(20)22(30)21-24(28)27-23(17-11-13-18(26)14-12-17)29(25(21)31)15-16-7-3-2-4-8-16/h2-14H,15H2,1H3. The monoisotopic (exact) mass is 427 g/mol. The lowest BCUT2D eigenvalue weighted by atomic mass is 10.1. The van der Waals surface area contributed by atoms with Gasteiger partial charge in [-0.05, 0) is 42.0 Å². The average molecular weight is 428 g/mol. The highest BCUT2D eigenvalue weighted by Crippen LogP contribution is 2.23. The minimum absolute atomic E-state index is 0.0924. The Kier molecular flexibility index (Phi) is 4.68. The molecule has 152 valence electrons. The van der Waals surface area contributed by atoms with E-state index in [2.05, 4.69) is 0 Å². The summed E-state index contributed by atoms with van der Waals surface area (Å²) in [5.74, 6) is 0.489. The fraction of sp³-hybridized carbons (Fsp3) is 0.0800. The van der Waals surface area contributed by atoms with Gasteiger partial charge >= 0.3 is 0 Å². The Balaban J connectivity index is 1.91. The van der Waals surface area contributed by atoms with E-state index in [4.69, 9.17) is 16.6 Å². The summed E-state index contributed by atoms with van der Waals surface area (Å²) in [5.41, 5.74) is 2.13. The van der Waals surface area contributed by atoms with Crippen LogP contribution in [0.25, 0.3) is 33.3 Å². The first-order valence-electron chi connectivity index (χ1n) is 9.87. The summed E-state index contributed by atoms with van der Waals surface area (Å²) in [4.78, 5) is 31.8. The molecule has 5 rings (SSSR count). The number of hydrogen-bond donors (Lipinski definition) is 0. The molecule has 0 fully saturated rings. The van der Waals surface area contributed by atoms with E-state index in [-0.39, 0.29) is 16.4 Å². The Morgan fingerprint density at radius 1 is 0.871 bits per heavy atom. The Hall–Kier alpha value is -3.70. The van der Waals surface area contributed by atoms with E-state index < -0.39 is 0 Å². The van der Waals surface area contributed by atoms with Gasteiger partial charge in [0.15, 0.2) is 5.65 Å². The number of hydrogen-bond acceptors (Lipinski definition) is 3. The fourth-order valence-electron chi connectivity index (χ4n) is 3.92. The van der Waals surface area contributed by atoms with Gasteiger partial charge in [-0.15, -0.1) is 0 Å². The average Bonchev–Trinajstić information content (AvgIpc) is 2.80. The van der Waals surface area contributed by atoms with Gasteiger partial charge in [0.25, 0.3) is 5.56 Å². The summed E-state index contributed by atoms with van der Waals surface area (Å²) in [5, 5.41) is 1.19. The van der Waals surface area contributed by atoms with E-state index in [1.807, 2.05) is 61.6 Å². The highest BCUT2D eigenvalue weighted by Gasteiger charge is 2.19. The van der Waals surface area contributed by atoms with Crippen LogP contribution in [0.2, 0.25) is 5.02 Å². The molecule has 0 aliphatic heterocycles. The van der Waals surface area contributed by atoms with Crippen molar-refractivity contribution in [2.75, 3.05) is 0 Å². The van der Waals surface area contributed by atoms with Crippen LogP contribution in [0.15, 0.2) is 88.5 Å². The third-order valence-electron chi connectivity index (χ3n) is 5.49. The molecule has 0 aliphatic carbocycles. The largest absolute Gasteiger partial charge is 0.328 e. The molecule has 0 bridgehead atoms. The number of pyridine rings is 1. The normalized spacial score (nSPS) is 11.3. The number of para-hydroxylation sites is 1. The van der Waals surface area contributed by atoms with Gasteiger partial charge in [0.05, 0.1) is 12.1 Å². The number of benzene rings is 3. The number of aromatic nitrogens is 3. The first kappa shape index (κ1) is 19.3. The molecule has 0 spiro atoms. The number of rotatable bonds is 3. The molecule has 2 heterocycles. The smallest absolute Gasteiger partial charge is 0.267 e. The van der Waals surface area contributed by atoms with Crippen LogP contribution in [-0.2, 0) is 13.6 Å². The predicted octanol–water partition coefficient (Wildman–Crippen LogP) is 4.62. The second-order valence-electron chi connectivity index (χ2n) is 7.42. The van der Waals surface area contributed by atoms with Gasteiger partial charge in [-0.2, -0.15) is 0 Å². The van der Waals surface area contributed by atoms with Crippen LogP contribution in [-0.4, -0.2) is 14.1 Å². The molecule has 5 aromatic rings. The van der Waals surface area contributed by atoms with E-state index in [9.17, 15) is 9.59 Å². The quantitative estimate of drug-likeness (QED) is 0.395. The van der Waals surface area contributed by atoms with E-state index in [0.717, 1.165) is 16.6 Å². The minimum Gasteiger partial charge on any atom is -0.328 e. The number of nitrogens with zero attached hydrogens (tertiary/aromatic N) is 3. The fourth-order valence-corrected chi connectivity index (χ4v) is 4.05. The lowest BCUT2D eigenvalue weighted by molar-refractivity contribution is 0.754. The summed E-state index contributed by atoms with van der Waals surface area (Å²) in [6.45, 7) is 0.302. The molecule has 0 saturated carbocycles. The summed E-state index contributed by atoms with van der Waals surface area (Å²) in [6, 6.07) is 24.1. The molecule has 3 aromatic carbocycles. The third kappa shape index (κ3) is 3.23. The highest BCUT2D eigenvalue weighted by atomic mass is 35.5. The van der Waals surface area contributed by atoms with Gasteiger partial charge < -0.3 is 4.57 Å². The van der Waals surface area contributed by atoms with Gasteiger partial charge in [0.1, 0.15) is 11.2 Å². The number of aryl methyl sites for hydroxylation is 1. The van der Waals surface area contributed by atoms with Crippen molar-refractivity contribution in [2.45, 2.75) is 6.54 Å². The summed E-state index contributed by atoms with van der Waals surface area (Å²) in [7, 11) is 1.82. The van der Waals surface area contributed by atoms with Crippen LogP contribution in [0.5, 0.6) is 0 Å². The molecule has 0 atom stereocenters. The highest BCUT2D eigenvalue weighted by molar-refractivity contribution is 6.30. The lowest BCUT2D eigenvalue weighted by Gasteiger charge is -2.16. The topological polar surface area (TPSA) is 56.9 Å². The van der Waals surface area contributed by atoms with Crippen molar-refractivity contribution in [3.8, 4) is 11.4 Å². The van der Waals surface area contributed by atoms with Gasteiger partial charge in [0, 0.05) is 23.0 Å². The Bertz CT molecular complexity index is 1550. The lowest BCUT2D eigenvalue weighted by Crippen LogP contribution is -2.29. The first-order chi connectivity index (χ1) is 15.0. The van der Waals surface area contributed by atoms with Crippen LogP contribution < -0.4 is 11.0 Å². The maximum absolute atomic E-state index is 13.7. The maximum Gasteiger partial charge on any atom is 0.267 e. The van der Waals surface area contributed by atoms with Crippen molar-refractivity contribution in [1.82, 2.24) is 14.1 Å². The van der Waals surface area contributed by atoms with E-state index in [1.54, 1.807) is 33.4 Å². The first-order valence-corrected chi connectivity index (χ1v) is 10.2. The summed E-state index contributed by atoms with van der Waals surface area (Å²) < 4.78 is 3.37. The van der Waals surface area contributed by atoms with Crippen molar-refractivity contribution < 1.29 is 0 Å². The van der Waals surface area contributed by atoms with Crippen LogP contribution in [0.3, 0.4) is 0 Å². The second kappa shape index (κ2) is 7.52. The maximum atomic E-state index is 13.7. The van der Waals surface area contributed by atoms with Crippen molar-refractivity contribution in [1.29, 1.82) is 0 Å². The van der Waals surface area contributed by atoms with E-state index in [0.29, 0.717) is 28.4 Å². The molecular weight excluding hydrogens is 410 g/mol. The Morgan fingerprint density at radius 3 is 2.29 bits per heavy atom. The number of halogens is 1. The summed E-state index contributed by atoms with van der Waals surface area (Å²) >= 11 is 6.07.